The van der Waals surface area contributed by atoms with Crippen molar-refractivity contribution >= 4 is 17.2 Å². The van der Waals surface area contributed by atoms with Gasteiger partial charge in [-0.15, -0.1) is 10.2 Å². The molecule has 1 aliphatic carbocycles. The molecular formula is C17H21N3O3S. The number of ether oxygens (including phenoxy) is 1. The number of amides is 1. The molecule has 1 aliphatic heterocycles. The van der Waals surface area contributed by atoms with Crippen molar-refractivity contribution in [1.29, 1.82) is 0 Å². The van der Waals surface area contributed by atoms with Crippen molar-refractivity contribution < 1.29 is 13.9 Å². The number of morpholine rings is 1. The first-order valence-corrected chi connectivity index (χ1v) is 9.51. The van der Waals surface area contributed by atoms with Gasteiger partial charge in [-0.3, -0.25) is 4.79 Å². The highest BCUT2D eigenvalue weighted by Crippen LogP contribution is 2.29. The summed E-state index contributed by atoms with van der Waals surface area (Å²) >= 11 is 1.59. The SMILES string of the molecule is O=C(CCc1nnc(-c2ccsc2)o1)N1CCO[C@H]2CCCC[C@@H]21. The van der Waals surface area contributed by atoms with Crippen LogP contribution in [0.2, 0.25) is 0 Å². The third-order valence-corrected chi connectivity index (χ3v) is 5.52. The lowest BCUT2D eigenvalue weighted by Gasteiger charge is -2.43. The summed E-state index contributed by atoms with van der Waals surface area (Å²) in [6.45, 7) is 1.35. The van der Waals surface area contributed by atoms with Gasteiger partial charge in [0.25, 0.3) is 0 Å². The minimum atomic E-state index is 0.172. The van der Waals surface area contributed by atoms with Crippen molar-refractivity contribution in [2.45, 2.75) is 50.7 Å². The minimum Gasteiger partial charge on any atom is -0.421 e. The Labute approximate surface area is 144 Å². The first-order chi connectivity index (χ1) is 11.8. The van der Waals surface area contributed by atoms with Crippen LogP contribution in [0.4, 0.5) is 0 Å². The molecule has 128 valence electrons. The quantitative estimate of drug-likeness (QED) is 0.851. The zero-order valence-electron chi connectivity index (χ0n) is 13.5. The van der Waals surface area contributed by atoms with Crippen molar-refractivity contribution in [2.75, 3.05) is 13.2 Å². The maximum absolute atomic E-state index is 12.6. The van der Waals surface area contributed by atoms with Gasteiger partial charge in [0.2, 0.25) is 17.7 Å². The lowest BCUT2D eigenvalue weighted by atomic mass is 9.90. The van der Waals surface area contributed by atoms with Gasteiger partial charge in [0.1, 0.15) is 0 Å². The standard InChI is InChI=1S/C17H21N3O3S/c21-16(20-8-9-22-14-4-2-1-3-13(14)20)6-5-15-18-19-17(23-15)12-7-10-24-11-12/h7,10-11,13-14H,1-6,8-9H2/t13-,14-/m0/s1. The second kappa shape index (κ2) is 7.03. The molecule has 0 unspecified atom stereocenters. The van der Waals surface area contributed by atoms with E-state index in [4.69, 9.17) is 9.15 Å². The largest absolute Gasteiger partial charge is 0.421 e. The van der Waals surface area contributed by atoms with E-state index in [-0.39, 0.29) is 18.1 Å². The molecule has 4 rings (SSSR count). The summed E-state index contributed by atoms with van der Waals surface area (Å²) in [4.78, 5) is 14.7. The van der Waals surface area contributed by atoms with E-state index in [0.717, 1.165) is 18.4 Å². The first-order valence-electron chi connectivity index (χ1n) is 8.57. The Bertz CT molecular complexity index is 683. The molecule has 2 aliphatic rings. The van der Waals surface area contributed by atoms with Gasteiger partial charge in [0, 0.05) is 30.3 Å². The molecule has 6 nitrogen and oxygen atoms in total. The van der Waals surface area contributed by atoms with Crippen LogP contribution in [0.3, 0.4) is 0 Å². The van der Waals surface area contributed by atoms with Gasteiger partial charge >= 0.3 is 0 Å². The van der Waals surface area contributed by atoms with E-state index in [1.807, 2.05) is 21.7 Å². The minimum absolute atomic E-state index is 0.172. The molecule has 24 heavy (non-hydrogen) atoms. The maximum Gasteiger partial charge on any atom is 0.248 e. The molecule has 0 spiro atoms. The van der Waals surface area contributed by atoms with Gasteiger partial charge in [-0.1, -0.05) is 12.8 Å². The van der Waals surface area contributed by atoms with Crippen LogP contribution in [0.15, 0.2) is 21.2 Å². The van der Waals surface area contributed by atoms with Crippen LogP contribution < -0.4 is 0 Å². The molecule has 7 heteroatoms. The molecule has 1 saturated heterocycles. The number of nitrogens with zero attached hydrogens (tertiary/aromatic N) is 3. The second-order valence-corrected chi connectivity index (χ2v) is 7.14. The first kappa shape index (κ1) is 15.8. The highest BCUT2D eigenvalue weighted by atomic mass is 32.1. The number of thiophene rings is 1. The third kappa shape index (κ3) is 3.23. The maximum atomic E-state index is 12.6. The number of carbonyl (C=O) groups is 1. The Hall–Kier alpha value is -1.73. The Morgan fingerprint density at radius 3 is 3.12 bits per heavy atom. The van der Waals surface area contributed by atoms with E-state index in [1.165, 1.54) is 12.8 Å². The van der Waals surface area contributed by atoms with Crippen LogP contribution in [0.5, 0.6) is 0 Å². The van der Waals surface area contributed by atoms with Crippen LogP contribution in [-0.2, 0) is 16.0 Å². The zero-order valence-corrected chi connectivity index (χ0v) is 14.3. The van der Waals surface area contributed by atoms with E-state index in [9.17, 15) is 4.79 Å². The highest BCUT2D eigenvalue weighted by Gasteiger charge is 2.36. The number of aromatic nitrogens is 2. The smallest absolute Gasteiger partial charge is 0.248 e. The molecule has 0 aromatic carbocycles. The van der Waals surface area contributed by atoms with Gasteiger partial charge in [0.05, 0.1) is 18.8 Å². The molecule has 3 heterocycles. The monoisotopic (exact) mass is 347 g/mol. The van der Waals surface area contributed by atoms with Gasteiger partial charge < -0.3 is 14.1 Å². The van der Waals surface area contributed by atoms with Crippen molar-refractivity contribution in [2.24, 2.45) is 0 Å². The zero-order chi connectivity index (χ0) is 16.4. The van der Waals surface area contributed by atoms with Gasteiger partial charge in [0.15, 0.2) is 0 Å². The Morgan fingerprint density at radius 1 is 1.33 bits per heavy atom. The molecule has 2 aromatic heterocycles. The Kier molecular flexibility index (Phi) is 4.62. The van der Waals surface area contributed by atoms with Crippen LogP contribution in [-0.4, -0.2) is 46.3 Å². The average Bonchev–Trinajstić information content (AvgIpc) is 3.30. The lowest BCUT2D eigenvalue weighted by Crippen LogP contribution is -2.54. The van der Waals surface area contributed by atoms with Crippen LogP contribution >= 0.6 is 11.3 Å². The molecule has 2 fully saturated rings. The molecule has 0 bridgehead atoms. The fourth-order valence-corrected chi connectivity index (χ4v) is 4.25. The van der Waals surface area contributed by atoms with Crippen LogP contribution in [0, 0.1) is 0 Å². The molecule has 0 radical (unpaired) electrons. The van der Waals surface area contributed by atoms with E-state index in [2.05, 4.69) is 10.2 Å². The van der Waals surface area contributed by atoms with Gasteiger partial charge in [-0.05, 0) is 24.3 Å². The normalized spacial score (nSPS) is 23.9. The van der Waals surface area contributed by atoms with Crippen LogP contribution in [0.1, 0.15) is 38.0 Å². The number of fused-ring (bicyclic) bond motifs is 1. The Balaban J connectivity index is 1.36. The summed E-state index contributed by atoms with van der Waals surface area (Å²) in [5, 5.41) is 12.1. The average molecular weight is 347 g/mol. The highest BCUT2D eigenvalue weighted by molar-refractivity contribution is 7.08. The van der Waals surface area contributed by atoms with E-state index < -0.39 is 0 Å². The van der Waals surface area contributed by atoms with Crippen LogP contribution in [0.25, 0.3) is 11.5 Å². The summed E-state index contributed by atoms with van der Waals surface area (Å²) in [5.41, 5.74) is 0.934. The third-order valence-electron chi connectivity index (χ3n) is 4.84. The predicted octanol–water partition coefficient (Wildman–Crippen LogP) is 2.90. The summed E-state index contributed by atoms with van der Waals surface area (Å²) < 4.78 is 11.5. The number of carbonyl (C=O) groups excluding carboxylic acids is 1. The molecule has 2 aromatic rings. The molecule has 1 amide bonds. The number of aryl methyl sites for hydroxylation is 1. The molecule has 2 atom stereocenters. The molecular weight excluding hydrogens is 326 g/mol. The van der Waals surface area contributed by atoms with E-state index in [0.29, 0.717) is 37.8 Å². The number of rotatable bonds is 4. The summed E-state index contributed by atoms with van der Waals surface area (Å²) in [6, 6.07) is 2.20. The van der Waals surface area contributed by atoms with E-state index >= 15 is 0 Å². The van der Waals surface area contributed by atoms with Crippen molar-refractivity contribution in [3.8, 4) is 11.5 Å². The fourth-order valence-electron chi connectivity index (χ4n) is 3.62. The van der Waals surface area contributed by atoms with Crippen molar-refractivity contribution in [1.82, 2.24) is 15.1 Å². The molecule has 1 saturated carbocycles. The van der Waals surface area contributed by atoms with Gasteiger partial charge in [-0.2, -0.15) is 11.3 Å². The van der Waals surface area contributed by atoms with Gasteiger partial charge in [-0.25, -0.2) is 0 Å². The summed E-state index contributed by atoms with van der Waals surface area (Å²) in [5.74, 6) is 1.22. The summed E-state index contributed by atoms with van der Waals surface area (Å²) in [7, 11) is 0. The van der Waals surface area contributed by atoms with Crippen molar-refractivity contribution in [3.63, 3.8) is 0 Å². The predicted molar refractivity (Wildman–Crippen MR) is 89.6 cm³/mol. The second-order valence-electron chi connectivity index (χ2n) is 6.36. The molecule has 0 N–H and O–H groups in total. The summed E-state index contributed by atoms with van der Waals surface area (Å²) in [6.07, 6.45) is 5.64. The number of hydrogen-bond donors (Lipinski definition) is 0. The topological polar surface area (TPSA) is 68.5 Å². The lowest BCUT2D eigenvalue weighted by molar-refractivity contribution is -0.149. The van der Waals surface area contributed by atoms with E-state index in [1.54, 1.807) is 11.3 Å². The fraction of sp³-hybridized carbons (Fsp3) is 0.588. The Morgan fingerprint density at radius 2 is 2.25 bits per heavy atom. The number of hydrogen-bond acceptors (Lipinski definition) is 6. The van der Waals surface area contributed by atoms with Crippen molar-refractivity contribution in [3.05, 3.63) is 22.7 Å².